The summed E-state index contributed by atoms with van der Waals surface area (Å²) in [6.07, 6.45) is 5.10. The monoisotopic (exact) mass is 419 g/mol. The molecule has 0 spiro atoms. The summed E-state index contributed by atoms with van der Waals surface area (Å²) >= 11 is 0. The van der Waals surface area contributed by atoms with Crippen molar-refractivity contribution >= 4 is 21.8 Å². The summed E-state index contributed by atoms with van der Waals surface area (Å²) < 4.78 is 25.9. The molecule has 4 rings (SSSR count). The van der Waals surface area contributed by atoms with E-state index in [1.165, 1.54) is 0 Å². The summed E-state index contributed by atoms with van der Waals surface area (Å²) in [7, 11) is -3.59. The first-order valence-electron chi connectivity index (χ1n) is 9.53. The third-order valence-electron chi connectivity index (χ3n) is 5.03. The molecule has 1 aliphatic rings. The van der Waals surface area contributed by atoms with Crippen molar-refractivity contribution in [2.75, 3.05) is 0 Å². The Labute approximate surface area is 174 Å². The molecular weight excluding hydrogens is 398 g/mol. The van der Waals surface area contributed by atoms with E-state index < -0.39 is 15.9 Å². The molecule has 0 bridgehead atoms. The number of nitrogens with one attached hydrogen (secondary N) is 1. The maximum absolute atomic E-state index is 12.9. The third kappa shape index (κ3) is 3.89. The van der Waals surface area contributed by atoms with Crippen LogP contribution in [0.5, 0.6) is 0 Å². The quantitative estimate of drug-likeness (QED) is 0.681. The lowest BCUT2D eigenvalue weighted by Gasteiger charge is -2.10. The topological polar surface area (TPSA) is 88.5 Å². The molecule has 1 N–H and O–H groups in total. The van der Waals surface area contributed by atoms with Gasteiger partial charge in [0.2, 0.25) is 15.7 Å². The van der Waals surface area contributed by atoms with Gasteiger partial charge in [-0.2, -0.15) is 0 Å². The van der Waals surface area contributed by atoms with Crippen molar-refractivity contribution in [2.45, 2.75) is 36.2 Å². The van der Waals surface area contributed by atoms with Gasteiger partial charge in [-0.15, -0.1) is 0 Å². The molecule has 7 heteroatoms. The van der Waals surface area contributed by atoms with Gasteiger partial charge >= 0.3 is 0 Å². The number of hydrogen-bond donors (Lipinski definition) is 1. The maximum atomic E-state index is 12.9. The molecule has 2 aromatic carbocycles. The minimum Gasteiger partial charge on any atom is -0.350 e. The zero-order chi connectivity index (χ0) is 21.3. The Balaban J connectivity index is 1.45. The summed E-state index contributed by atoms with van der Waals surface area (Å²) in [6, 6.07) is 13.1. The minimum absolute atomic E-state index is 0.210. The van der Waals surface area contributed by atoms with Crippen LogP contribution in [-0.2, 0) is 21.2 Å². The van der Waals surface area contributed by atoms with Crippen molar-refractivity contribution in [1.29, 1.82) is 0 Å². The van der Waals surface area contributed by atoms with E-state index in [1.54, 1.807) is 67.9 Å². The lowest BCUT2D eigenvalue weighted by atomic mass is 10.2. The molecule has 152 valence electrons. The highest BCUT2D eigenvalue weighted by Crippen LogP contribution is 2.24. The van der Waals surface area contributed by atoms with Crippen molar-refractivity contribution in [3.63, 3.8) is 0 Å². The van der Waals surface area contributed by atoms with E-state index in [2.05, 4.69) is 15.3 Å². The summed E-state index contributed by atoms with van der Waals surface area (Å²) in [6.45, 7) is 4.01. The number of fused-ring (bicyclic) bond motifs is 1. The molecule has 30 heavy (non-hydrogen) atoms. The summed E-state index contributed by atoms with van der Waals surface area (Å²) in [5.74, 6) is -0.210. The second-order valence-electron chi connectivity index (χ2n) is 7.31. The van der Waals surface area contributed by atoms with Gasteiger partial charge in [-0.25, -0.2) is 8.42 Å². The number of aromatic nitrogens is 1. The number of hydrogen-bond acceptors (Lipinski definition) is 5. The summed E-state index contributed by atoms with van der Waals surface area (Å²) in [5.41, 5.74) is 2.54. The second-order valence-corrected chi connectivity index (χ2v) is 9.23. The fourth-order valence-corrected chi connectivity index (χ4v) is 4.92. The van der Waals surface area contributed by atoms with Gasteiger partial charge in [-0.1, -0.05) is 29.8 Å². The van der Waals surface area contributed by atoms with Gasteiger partial charge in [0.1, 0.15) is 6.04 Å². The van der Waals surface area contributed by atoms with Crippen LogP contribution in [-0.4, -0.2) is 25.4 Å². The number of aryl methyl sites for hydroxylation is 2. The average molecular weight is 420 g/mol. The van der Waals surface area contributed by atoms with Crippen LogP contribution < -0.4 is 15.9 Å². The Morgan fingerprint density at radius 1 is 1.07 bits per heavy atom. The molecule has 3 aromatic rings. The normalized spacial score (nSPS) is 15.1. The first-order chi connectivity index (χ1) is 14.3. The molecule has 1 amide bonds. The fourth-order valence-electron chi connectivity index (χ4n) is 3.44. The van der Waals surface area contributed by atoms with Gasteiger partial charge in [0.15, 0.2) is 0 Å². The van der Waals surface area contributed by atoms with Gasteiger partial charge in [-0.3, -0.25) is 14.8 Å². The number of rotatable bonds is 5. The van der Waals surface area contributed by atoms with Crippen LogP contribution in [0.15, 0.2) is 75.7 Å². The molecule has 1 aromatic heterocycles. The van der Waals surface area contributed by atoms with Crippen molar-refractivity contribution in [1.82, 2.24) is 10.3 Å². The zero-order valence-corrected chi connectivity index (χ0v) is 17.5. The lowest BCUT2D eigenvalue weighted by Crippen LogP contribution is -2.31. The van der Waals surface area contributed by atoms with E-state index in [0.717, 1.165) is 27.3 Å². The van der Waals surface area contributed by atoms with E-state index >= 15 is 0 Å². The smallest absolute Gasteiger partial charge is 0.249 e. The van der Waals surface area contributed by atoms with Crippen molar-refractivity contribution in [3.05, 3.63) is 88.2 Å². The number of carbonyl (C=O) groups excluding carboxylic acids is 1. The van der Waals surface area contributed by atoms with Crippen LogP contribution in [0.25, 0.3) is 6.08 Å². The number of sulfone groups is 1. The molecule has 0 radical (unpaired) electrons. The Kier molecular flexibility index (Phi) is 5.22. The molecule has 0 saturated carbocycles. The van der Waals surface area contributed by atoms with Gasteiger partial charge in [0.05, 0.1) is 15.1 Å². The molecule has 0 saturated heterocycles. The van der Waals surface area contributed by atoms with E-state index in [-0.39, 0.29) is 17.3 Å². The van der Waals surface area contributed by atoms with E-state index in [4.69, 9.17) is 0 Å². The Morgan fingerprint density at radius 3 is 2.53 bits per heavy atom. The van der Waals surface area contributed by atoms with Crippen LogP contribution in [0.2, 0.25) is 0 Å². The highest BCUT2D eigenvalue weighted by Gasteiger charge is 2.20. The molecule has 2 heterocycles. The summed E-state index contributed by atoms with van der Waals surface area (Å²) in [4.78, 5) is 21.3. The fraction of sp³-hybridized carbons (Fsp3) is 0.174. The average Bonchev–Trinajstić information content (AvgIpc) is 3.16. The first-order valence-corrected chi connectivity index (χ1v) is 11.0. The largest absolute Gasteiger partial charge is 0.350 e. The van der Waals surface area contributed by atoms with Crippen LogP contribution in [0, 0.1) is 13.8 Å². The van der Waals surface area contributed by atoms with Gasteiger partial charge in [0, 0.05) is 24.2 Å². The van der Waals surface area contributed by atoms with Gasteiger partial charge in [0.25, 0.3) is 0 Å². The predicted octanol–water partition coefficient (Wildman–Crippen LogP) is 1.63. The van der Waals surface area contributed by atoms with Gasteiger partial charge < -0.3 is 5.32 Å². The molecular formula is C23H21N3O3S. The number of pyridine rings is 1. The number of benzene rings is 2. The third-order valence-corrected chi connectivity index (χ3v) is 6.96. The minimum atomic E-state index is -3.59. The van der Waals surface area contributed by atoms with Crippen molar-refractivity contribution < 1.29 is 13.2 Å². The highest BCUT2D eigenvalue weighted by molar-refractivity contribution is 7.91. The Bertz CT molecular complexity index is 1310. The summed E-state index contributed by atoms with van der Waals surface area (Å²) in [5, 5.41) is 4.45. The molecule has 0 aliphatic carbocycles. The molecule has 1 atom stereocenters. The molecule has 6 nitrogen and oxygen atoms in total. The van der Waals surface area contributed by atoms with Gasteiger partial charge in [-0.05, 0) is 55.3 Å². The Hall–Kier alpha value is -3.32. The SMILES string of the molecule is Cc1ccc(S(=O)(=O)c2ccc(CNC(=O)C3C=c4cnccc4=N3)cc2)c(C)c1. The predicted molar refractivity (Wildman–Crippen MR) is 113 cm³/mol. The van der Waals surface area contributed by atoms with Crippen molar-refractivity contribution in [2.24, 2.45) is 4.99 Å². The van der Waals surface area contributed by atoms with E-state index in [1.807, 2.05) is 13.0 Å². The number of amides is 1. The second kappa shape index (κ2) is 7.84. The zero-order valence-electron chi connectivity index (χ0n) is 16.7. The lowest BCUT2D eigenvalue weighted by molar-refractivity contribution is -0.121. The van der Waals surface area contributed by atoms with Crippen LogP contribution in [0.4, 0.5) is 0 Å². The standard InChI is InChI=1S/C23H21N3O3S/c1-15-3-8-22(16(2)11-15)30(28,29)19-6-4-17(5-7-19)13-25-23(27)21-12-18-14-24-10-9-20(18)26-21/h3-12,14,21H,13H2,1-2H3,(H,25,27). The molecule has 1 unspecified atom stereocenters. The van der Waals surface area contributed by atoms with E-state index in [0.29, 0.717) is 4.90 Å². The van der Waals surface area contributed by atoms with Crippen molar-refractivity contribution in [3.8, 4) is 0 Å². The van der Waals surface area contributed by atoms with Crippen LogP contribution in [0.1, 0.15) is 16.7 Å². The first kappa shape index (κ1) is 20.0. The number of carbonyl (C=O) groups is 1. The molecule has 1 aliphatic heterocycles. The van der Waals surface area contributed by atoms with E-state index in [9.17, 15) is 13.2 Å². The highest BCUT2D eigenvalue weighted by atomic mass is 32.2. The Morgan fingerprint density at radius 2 is 1.83 bits per heavy atom. The number of nitrogens with zero attached hydrogens (tertiary/aromatic N) is 2. The maximum Gasteiger partial charge on any atom is 0.249 e. The van der Waals surface area contributed by atoms with Crippen LogP contribution >= 0.6 is 0 Å². The molecule has 0 fully saturated rings. The van der Waals surface area contributed by atoms with Crippen LogP contribution in [0.3, 0.4) is 0 Å².